The third kappa shape index (κ3) is 7.22. The molecule has 12 aromatic carbocycles. The highest BCUT2D eigenvalue weighted by Gasteiger charge is 2.29. The van der Waals surface area contributed by atoms with Crippen LogP contribution in [0.3, 0.4) is 0 Å². The zero-order chi connectivity index (χ0) is 44.6. The molecule has 66 heavy (non-hydrogen) atoms. The fourth-order valence-corrected chi connectivity index (χ4v) is 10.4. The molecule has 12 aromatic rings. The molecular formula is C66H50. The lowest BCUT2D eigenvalue weighted by Crippen LogP contribution is -2.12. The Bertz CT molecular complexity index is 3200. The maximum absolute atomic E-state index is 2.33. The van der Waals surface area contributed by atoms with Crippen LogP contribution in [0, 0.1) is 0 Å². The summed E-state index contributed by atoms with van der Waals surface area (Å²) in [5.41, 5.74) is 16.2. The average Bonchev–Trinajstić information content (AvgIpc) is 3.38. The van der Waals surface area contributed by atoms with Gasteiger partial charge in [-0.25, -0.2) is 0 Å². The summed E-state index contributed by atoms with van der Waals surface area (Å²) in [7, 11) is 0. The summed E-state index contributed by atoms with van der Waals surface area (Å²) >= 11 is 0. The van der Waals surface area contributed by atoms with E-state index in [2.05, 4.69) is 269 Å². The quantitative estimate of drug-likeness (QED) is 0.116. The maximum Gasteiger partial charge on any atom is -0.00139 e. The highest BCUT2D eigenvalue weighted by molar-refractivity contribution is 6.33. The van der Waals surface area contributed by atoms with Gasteiger partial charge < -0.3 is 0 Å². The minimum atomic E-state index is 0.116. The van der Waals surface area contributed by atoms with Crippen molar-refractivity contribution in [3.05, 3.63) is 254 Å². The van der Waals surface area contributed by atoms with Crippen molar-refractivity contribution in [1.82, 2.24) is 0 Å². The number of benzene rings is 12. The van der Waals surface area contributed by atoms with Crippen LogP contribution in [-0.2, 0) is 5.41 Å². The molecule has 0 heteroatoms. The van der Waals surface area contributed by atoms with Gasteiger partial charge in [-0.3, -0.25) is 0 Å². The van der Waals surface area contributed by atoms with E-state index in [0.29, 0.717) is 0 Å². The number of rotatable bonds is 6. The first-order valence-electron chi connectivity index (χ1n) is 23.1. The van der Waals surface area contributed by atoms with Crippen LogP contribution in [0.5, 0.6) is 0 Å². The molecule has 0 nitrogen and oxygen atoms in total. The lowest BCUT2D eigenvalue weighted by molar-refractivity contribution is 0.596. The van der Waals surface area contributed by atoms with Crippen molar-refractivity contribution in [3.8, 4) is 66.8 Å². The smallest absolute Gasteiger partial charge is 0.00139 e. The second-order valence-corrected chi connectivity index (χ2v) is 18.3. The minimum Gasteiger partial charge on any atom is -0.0622 e. The van der Waals surface area contributed by atoms with Crippen LogP contribution in [0.4, 0.5) is 0 Å². The van der Waals surface area contributed by atoms with Crippen LogP contribution in [0.1, 0.15) is 26.3 Å². The molecule has 12 rings (SSSR count). The first-order chi connectivity index (χ1) is 32.5. The Morgan fingerprint density at radius 3 is 0.788 bits per heavy atom. The summed E-state index contributed by atoms with van der Waals surface area (Å²) in [4.78, 5) is 0. The second-order valence-electron chi connectivity index (χ2n) is 18.3. The number of fused-ring (bicyclic) bond motifs is 2. The van der Waals surface area contributed by atoms with Crippen LogP contribution in [0.2, 0.25) is 0 Å². The van der Waals surface area contributed by atoms with E-state index in [-0.39, 0.29) is 5.41 Å². The molecule has 0 aliphatic carbocycles. The van der Waals surface area contributed by atoms with Crippen molar-refractivity contribution in [1.29, 1.82) is 0 Å². The molecule has 0 saturated carbocycles. The second kappa shape index (κ2) is 17.1. The summed E-state index contributed by atoms with van der Waals surface area (Å²) in [6.45, 7) is 6.94. The number of hydrogen-bond donors (Lipinski definition) is 0. The van der Waals surface area contributed by atoms with Gasteiger partial charge in [0.2, 0.25) is 0 Å². The van der Waals surface area contributed by atoms with Crippen molar-refractivity contribution in [2.45, 2.75) is 26.2 Å². The van der Waals surface area contributed by atoms with E-state index in [0.717, 1.165) is 0 Å². The zero-order valence-electron chi connectivity index (χ0n) is 37.7. The fraction of sp³-hybridized carbons (Fsp3) is 0.0606. The van der Waals surface area contributed by atoms with E-state index in [1.165, 1.54) is 115 Å². The Labute approximate surface area is 388 Å². The third-order valence-corrected chi connectivity index (χ3v) is 13.2. The summed E-state index contributed by atoms with van der Waals surface area (Å²) in [6.07, 6.45) is 0. The summed E-state index contributed by atoms with van der Waals surface area (Å²) in [5.74, 6) is 0. The van der Waals surface area contributed by atoms with Crippen LogP contribution in [0.15, 0.2) is 249 Å². The summed E-state index contributed by atoms with van der Waals surface area (Å²) < 4.78 is 0. The van der Waals surface area contributed by atoms with E-state index in [1.54, 1.807) is 0 Å². The maximum atomic E-state index is 2.33. The SMILES string of the molecule is CC(C)(C)c1ccc2cccc3c4cccc5cccc(c1c23)c54.c1ccc(-c2c(-c3ccccc3)c(-c3ccccc3)c(-c3ccccc3)c(-c3ccccc3)c2-c2ccccc2)cc1. The lowest BCUT2D eigenvalue weighted by atomic mass is 9.74. The van der Waals surface area contributed by atoms with Gasteiger partial charge in [-0.05, 0) is 121 Å². The van der Waals surface area contributed by atoms with Gasteiger partial charge in [0, 0.05) is 0 Å². The Morgan fingerprint density at radius 1 is 0.212 bits per heavy atom. The van der Waals surface area contributed by atoms with Gasteiger partial charge in [-0.15, -0.1) is 0 Å². The Hall–Kier alpha value is -8.06. The predicted octanol–water partition coefficient (Wildman–Crippen LogP) is 18.7. The van der Waals surface area contributed by atoms with Crippen molar-refractivity contribution >= 4 is 43.1 Å². The van der Waals surface area contributed by atoms with Crippen molar-refractivity contribution in [2.24, 2.45) is 0 Å². The van der Waals surface area contributed by atoms with E-state index < -0.39 is 0 Å². The highest BCUT2D eigenvalue weighted by atomic mass is 14.3. The molecule has 314 valence electrons. The summed E-state index contributed by atoms with van der Waals surface area (Å²) in [6, 6.07) is 90.1. The van der Waals surface area contributed by atoms with Crippen LogP contribution in [0.25, 0.3) is 110 Å². The Balaban J connectivity index is 0.000000169. The molecule has 0 bridgehead atoms. The van der Waals surface area contributed by atoms with Crippen LogP contribution in [-0.4, -0.2) is 0 Å². The number of hydrogen-bond acceptors (Lipinski definition) is 0. The van der Waals surface area contributed by atoms with E-state index in [1.807, 2.05) is 0 Å². The van der Waals surface area contributed by atoms with Gasteiger partial charge in [-0.2, -0.15) is 0 Å². The molecule has 0 radical (unpaired) electrons. The van der Waals surface area contributed by atoms with Crippen LogP contribution < -0.4 is 0 Å². The molecule has 0 unspecified atom stereocenters. The first-order valence-corrected chi connectivity index (χ1v) is 23.1. The molecule has 0 N–H and O–H groups in total. The molecule has 0 aliphatic heterocycles. The Kier molecular flexibility index (Phi) is 10.6. The molecule has 0 spiro atoms. The van der Waals surface area contributed by atoms with Gasteiger partial charge in [0.25, 0.3) is 0 Å². The van der Waals surface area contributed by atoms with Crippen LogP contribution >= 0.6 is 0 Å². The normalized spacial score (nSPS) is 11.6. The lowest BCUT2D eigenvalue weighted by Gasteiger charge is -2.28. The molecule has 0 aromatic heterocycles. The Morgan fingerprint density at radius 2 is 0.485 bits per heavy atom. The monoisotopic (exact) mass is 842 g/mol. The zero-order valence-corrected chi connectivity index (χ0v) is 37.7. The van der Waals surface area contributed by atoms with E-state index >= 15 is 0 Å². The van der Waals surface area contributed by atoms with Gasteiger partial charge in [0.1, 0.15) is 0 Å². The van der Waals surface area contributed by atoms with Crippen molar-refractivity contribution in [3.63, 3.8) is 0 Å². The van der Waals surface area contributed by atoms with Crippen molar-refractivity contribution < 1.29 is 0 Å². The third-order valence-electron chi connectivity index (χ3n) is 13.2. The van der Waals surface area contributed by atoms with Crippen molar-refractivity contribution in [2.75, 3.05) is 0 Å². The largest absolute Gasteiger partial charge is 0.0622 e. The van der Waals surface area contributed by atoms with Gasteiger partial charge in [0.15, 0.2) is 0 Å². The predicted molar refractivity (Wildman–Crippen MR) is 285 cm³/mol. The van der Waals surface area contributed by atoms with Gasteiger partial charge in [-0.1, -0.05) is 269 Å². The highest BCUT2D eigenvalue weighted by Crippen LogP contribution is 2.56. The van der Waals surface area contributed by atoms with Gasteiger partial charge in [0.05, 0.1) is 0 Å². The summed E-state index contributed by atoms with van der Waals surface area (Å²) in [5, 5.41) is 11.0. The molecule has 0 atom stereocenters. The average molecular weight is 843 g/mol. The minimum absolute atomic E-state index is 0.116. The molecule has 0 heterocycles. The fourth-order valence-electron chi connectivity index (χ4n) is 10.4. The first kappa shape index (κ1) is 40.7. The standard InChI is InChI=1S/C42H30.C24H20/c1-7-19-31(20-8-1)37-38(32-21-9-2-10-22-32)40(34-25-13-4-14-26-34)42(36-29-17-6-18-30-36)41(35-27-15-5-16-28-35)39(37)33-23-11-3-12-24-33;1-24(2,3)20-14-13-16-9-5-11-18-17-10-4-7-15-8-6-12-19(21(15)17)23(20)22(16)18/h1-30H;4-14H,1-3H3. The van der Waals surface area contributed by atoms with Gasteiger partial charge >= 0.3 is 0 Å². The molecule has 0 amide bonds. The molecule has 0 aliphatic rings. The molecule has 0 saturated heterocycles. The molecular weight excluding hydrogens is 793 g/mol. The van der Waals surface area contributed by atoms with E-state index in [4.69, 9.17) is 0 Å². The molecule has 0 fully saturated rings. The topological polar surface area (TPSA) is 0 Å². The van der Waals surface area contributed by atoms with E-state index in [9.17, 15) is 0 Å².